The molecule has 1 N–H and O–H groups in total. The molecule has 1 aliphatic rings. The molecule has 0 aromatic heterocycles. The number of aliphatic hydroxyl groups is 1. The van der Waals surface area contributed by atoms with Gasteiger partial charge in [-0.15, -0.1) is 0 Å². The number of methoxy groups -OCH3 is 1. The third-order valence-electron chi connectivity index (χ3n) is 4.61. The minimum absolute atomic E-state index is 0.219. The molecule has 1 fully saturated rings. The highest BCUT2D eigenvalue weighted by molar-refractivity contribution is 5.27. The Kier molecular flexibility index (Phi) is 4.39. The van der Waals surface area contributed by atoms with E-state index in [0.29, 0.717) is 0 Å². The summed E-state index contributed by atoms with van der Waals surface area (Å²) in [4.78, 5) is 0. The van der Waals surface area contributed by atoms with Crippen molar-refractivity contribution in [3.8, 4) is 5.75 Å². The van der Waals surface area contributed by atoms with Gasteiger partial charge < -0.3 is 9.84 Å². The predicted molar refractivity (Wildman–Crippen MR) is 87.7 cm³/mol. The monoisotopic (exact) mass is 290 g/mol. The van der Waals surface area contributed by atoms with Crippen molar-refractivity contribution in [1.82, 2.24) is 0 Å². The van der Waals surface area contributed by atoms with E-state index in [1.807, 2.05) is 12.1 Å². The first kappa shape index (κ1) is 16.4. The van der Waals surface area contributed by atoms with E-state index >= 15 is 0 Å². The molecule has 21 heavy (non-hydrogen) atoms. The van der Waals surface area contributed by atoms with Crippen LogP contribution in [-0.4, -0.2) is 17.8 Å². The molecule has 0 heterocycles. The first-order valence-corrected chi connectivity index (χ1v) is 7.99. The highest BCUT2D eigenvalue weighted by Crippen LogP contribution is 2.51. The summed E-state index contributed by atoms with van der Waals surface area (Å²) in [5.41, 5.74) is 1.17. The Morgan fingerprint density at radius 1 is 0.952 bits per heavy atom. The van der Waals surface area contributed by atoms with Crippen LogP contribution in [0.15, 0.2) is 24.3 Å². The van der Waals surface area contributed by atoms with Crippen LogP contribution >= 0.6 is 0 Å². The Balaban J connectivity index is 2.03. The van der Waals surface area contributed by atoms with Crippen molar-refractivity contribution in [2.75, 3.05) is 7.11 Å². The molecule has 1 aliphatic carbocycles. The lowest BCUT2D eigenvalue weighted by atomic mass is 9.58. The van der Waals surface area contributed by atoms with Crippen LogP contribution in [0.5, 0.6) is 5.75 Å². The van der Waals surface area contributed by atoms with E-state index in [-0.39, 0.29) is 10.8 Å². The second-order valence-corrected chi connectivity index (χ2v) is 8.43. The molecule has 118 valence electrons. The van der Waals surface area contributed by atoms with Crippen molar-refractivity contribution < 1.29 is 9.84 Å². The van der Waals surface area contributed by atoms with Gasteiger partial charge in [-0.25, -0.2) is 0 Å². The van der Waals surface area contributed by atoms with Crippen molar-refractivity contribution in [1.29, 1.82) is 0 Å². The third kappa shape index (κ3) is 4.47. The van der Waals surface area contributed by atoms with E-state index in [0.717, 1.165) is 31.4 Å². The van der Waals surface area contributed by atoms with Crippen molar-refractivity contribution in [3.63, 3.8) is 0 Å². The topological polar surface area (TPSA) is 29.5 Å². The normalized spacial score (nSPS) is 22.8. The molecule has 2 rings (SSSR count). The van der Waals surface area contributed by atoms with E-state index in [2.05, 4.69) is 39.8 Å². The summed E-state index contributed by atoms with van der Waals surface area (Å²) in [7, 11) is 1.68. The number of hydrogen-bond donors (Lipinski definition) is 1. The smallest absolute Gasteiger partial charge is 0.118 e. The van der Waals surface area contributed by atoms with Gasteiger partial charge >= 0.3 is 0 Å². The number of benzene rings is 1. The quantitative estimate of drug-likeness (QED) is 0.878. The average Bonchev–Trinajstić information content (AvgIpc) is 2.33. The highest BCUT2D eigenvalue weighted by Gasteiger charge is 2.45. The predicted octanol–water partition coefficient (Wildman–Crippen LogP) is 4.60. The molecular formula is C19H30O2. The third-order valence-corrected chi connectivity index (χ3v) is 4.61. The van der Waals surface area contributed by atoms with Crippen LogP contribution in [0.25, 0.3) is 0 Å². The van der Waals surface area contributed by atoms with Gasteiger partial charge in [0.05, 0.1) is 12.7 Å². The second-order valence-electron chi connectivity index (χ2n) is 8.43. The molecule has 0 atom stereocenters. The molecule has 0 spiro atoms. The summed E-state index contributed by atoms with van der Waals surface area (Å²) < 4.78 is 5.19. The van der Waals surface area contributed by atoms with Gasteiger partial charge in [0.1, 0.15) is 5.75 Å². The van der Waals surface area contributed by atoms with Crippen LogP contribution in [0.2, 0.25) is 0 Å². The average molecular weight is 290 g/mol. The van der Waals surface area contributed by atoms with Crippen molar-refractivity contribution >= 4 is 0 Å². The van der Waals surface area contributed by atoms with Gasteiger partial charge in [0.2, 0.25) is 0 Å². The van der Waals surface area contributed by atoms with Crippen molar-refractivity contribution in [2.24, 2.45) is 10.8 Å². The number of hydrogen-bond acceptors (Lipinski definition) is 2. The largest absolute Gasteiger partial charge is 0.497 e. The van der Waals surface area contributed by atoms with Crippen LogP contribution in [0.4, 0.5) is 0 Å². The summed E-state index contributed by atoms with van der Waals surface area (Å²) in [5, 5.41) is 11.1. The SMILES string of the molecule is COc1ccc(CCC2(O)CC(C)(C)CC(C)(C)C2)cc1. The molecular weight excluding hydrogens is 260 g/mol. The molecule has 1 aromatic rings. The fraction of sp³-hybridized carbons (Fsp3) is 0.684. The Morgan fingerprint density at radius 3 is 1.95 bits per heavy atom. The lowest BCUT2D eigenvalue weighted by molar-refractivity contribution is -0.0901. The molecule has 0 amide bonds. The molecule has 0 bridgehead atoms. The zero-order chi connectivity index (χ0) is 15.7. The van der Waals surface area contributed by atoms with Crippen molar-refractivity contribution in [2.45, 2.75) is 65.4 Å². The maximum Gasteiger partial charge on any atom is 0.118 e. The van der Waals surface area contributed by atoms with Gasteiger partial charge in [0.25, 0.3) is 0 Å². The first-order chi connectivity index (χ1) is 9.63. The lowest BCUT2D eigenvalue weighted by Crippen LogP contribution is -2.46. The fourth-order valence-corrected chi connectivity index (χ4v) is 4.61. The molecule has 1 aromatic carbocycles. The van der Waals surface area contributed by atoms with E-state index < -0.39 is 5.60 Å². The van der Waals surface area contributed by atoms with Gasteiger partial charge in [-0.1, -0.05) is 39.8 Å². The number of rotatable bonds is 4. The van der Waals surface area contributed by atoms with Crippen LogP contribution in [0.1, 0.15) is 58.9 Å². The van der Waals surface area contributed by atoms with Gasteiger partial charge in [-0.2, -0.15) is 0 Å². The molecule has 2 nitrogen and oxygen atoms in total. The zero-order valence-electron chi connectivity index (χ0n) is 14.2. The maximum atomic E-state index is 11.1. The van der Waals surface area contributed by atoms with E-state index in [9.17, 15) is 5.11 Å². The molecule has 1 saturated carbocycles. The van der Waals surface area contributed by atoms with Crippen molar-refractivity contribution in [3.05, 3.63) is 29.8 Å². The van der Waals surface area contributed by atoms with Gasteiger partial charge in [-0.05, 0) is 60.6 Å². The zero-order valence-corrected chi connectivity index (χ0v) is 14.2. The first-order valence-electron chi connectivity index (χ1n) is 7.99. The number of ether oxygens (including phenoxy) is 1. The Labute approximate surface area is 129 Å². The summed E-state index contributed by atoms with van der Waals surface area (Å²) in [6.45, 7) is 9.14. The minimum atomic E-state index is -0.537. The Bertz CT molecular complexity index is 455. The Hall–Kier alpha value is -1.02. The Morgan fingerprint density at radius 2 is 1.48 bits per heavy atom. The highest BCUT2D eigenvalue weighted by atomic mass is 16.5. The maximum absolute atomic E-state index is 11.1. The van der Waals surface area contributed by atoms with Gasteiger partial charge in [-0.3, -0.25) is 0 Å². The minimum Gasteiger partial charge on any atom is -0.497 e. The molecule has 0 unspecified atom stereocenters. The van der Waals surface area contributed by atoms with E-state index in [1.54, 1.807) is 7.11 Å². The lowest BCUT2D eigenvalue weighted by Gasteiger charge is -2.49. The molecule has 0 radical (unpaired) electrons. The fourth-order valence-electron chi connectivity index (χ4n) is 4.61. The second kappa shape index (κ2) is 5.64. The van der Waals surface area contributed by atoms with E-state index in [4.69, 9.17) is 4.74 Å². The summed E-state index contributed by atoms with van der Waals surface area (Å²) in [5.74, 6) is 0.886. The summed E-state index contributed by atoms with van der Waals surface area (Å²) in [6.07, 6.45) is 4.75. The standard InChI is InChI=1S/C19H30O2/c1-17(2)12-18(3,4)14-19(20,13-17)11-10-15-6-8-16(21-5)9-7-15/h6-9,20H,10-14H2,1-5H3. The van der Waals surface area contributed by atoms with Gasteiger partial charge in [0.15, 0.2) is 0 Å². The van der Waals surface area contributed by atoms with Crippen LogP contribution in [0, 0.1) is 10.8 Å². The van der Waals surface area contributed by atoms with Crippen LogP contribution < -0.4 is 4.74 Å². The summed E-state index contributed by atoms with van der Waals surface area (Å²) >= 11 is 0. The van der Waals surface area contributed by atoms with Gasteiger partial charge in [0, 0.05) is 0 Å². The molecule has 0 saturated heterocycles. The van der Waals surface area contributed by atoms with Crippen LogP contribution in [0.3, 0.4) is 0 Å². The van der Waals surface area contributed by atoms with E-state index in [1.165, 1.54) is 12.0 Å². The number of aryl methyl sites for hydroxylation is 1. The molecule has 0 aliphatic heterocycles. The summed E-state index contributed by atoms with van der Waals surface area (Å²) in [6, 6.07) is 8.19. The molecule has 2 heteroatoms. The van der Waals surface area contributed by atoms with Crippen LogP contribution in [-0.2, 0) is 6.42 Å².